The zero-order valence-electron chi connectivity index (χ0n) is 9.79. The smallest absolute Gasteiger partial charge is 0.147 e. The molecule has 96 valence electrons. The summed E-state index contributed by atoms with van der Waals surface area (Å²) < 4.78 is 0. The summed E-state index contributed by atoms with van der Waals surface area (Å²) >= 11 is 12.3. The standard InChI is InChI=1S/C13H13Cl2NO2/c14-12-9(7-17)5-10(8-18)13(15)11(12)6-16-3-1-2-4-16/h6-8H,1-5H2. The van der Waals surface area contributed by atoms with Crippen LogP contribution < -0.4 is 0 Å². The highest BCUT2D eigenvalue weighted by Gasteiger charge is 2.24. The van der Waals surface area contributed by atoms with Gasteiger partial charge in [0, 0.05) is 42.4 Å². The van der Waals surface area contributed by atoms with E-state index < -0.39 is 0 Å². The number of aldehydes is 2. The van der Waals surface area contributed by atoms with Crippen LogP contribution in [0.3, 0.4) is 0 Å². The summed E-state index contributed by atoms with van der Waals surface area (Å²) in [6.07, 6.45) is 5.70. The average Bonchev–Trinajstić information content (AvgIpc) is 2.88. The summed E-state index contributed by atoms with van der Waals surface area (Å²) in [7, 11) is 0. The van der Waals surface area contributed by atoms with Gasteiger partial charge in [0.1, 0.15) is 12.6 Å². The van der Waals surface area contributed by atoms with Gasteiger partial charge in [0.05, 0.1) is 10.1 Å². The van der Waals surface area contributed by atoms with E-state index in [1.807, 2.05) is 6.20 Å². The van der Waals surface area contributed by atoms with E-state index in [1.54, 1.807) is 0 Å². The van der Waals surface area contributed by atoms with Crippen LogP contribution in [0.15, 0.2) is 33.0 Å². The van der Waals surface area contributed by atoms with Gasteiger partial charge in [-0.1, -0.05) is 23.2 Å². The maximum atomic E-state index is 11.0. The molecule has 3 nitrogen and oxygen atoms in total. The predicted molar refractivity (Wildman–Crippen MR) is 71.4 cm³/mol. The number of hydrogen-bond acceptors (Lipinski definition) is 3. The van der Waals surface area contributed by atoms with E-state index in [9.17, 15) is 9.59 Å². The van der Waals surface area contributed by atoms with Crippen molar-refractivity contribution in [1.82, 2.24) is 4.90 Å². The lowest BCUT2D eigenvalue weighted by atomic mass is 9.96. The Bertz CT molecular complexity index is 439. The van der Waals surface area contributed by atoms with Gasteiger partial charge in [-0.2, -0.15) is 0 Å². The molecule has 0 atom stereocenters. The number of hydrogen-bond donors (Lipinski definition) is 0. The van der Waals surface area contributed by atoms with Gasteiger partial charge in [-0.05, 0) is 12.8 Å². The molecule has 1 fully saturated rings. The Hall–Kier alpha value is -1.06. The van der Waals surface area contributed by atoms with Crippen LogP contribution in [-0.2, 0) is 9.59 Å². The zero-order chi connectivity index (χ0) is 13.1. The van der Waals surface area contributed by atoms with Crippen molar-refractivity contribution in [1.29, 1.82) is 0 Å². The molecule has 0 saturated carbocycles. The Balaban J connectivity index is 2.41. The van der Waals surface area contributed by atoms with Crippen LogP contribution in [0.4, 0.5) is 0 Å². The molecule has 18 heavy (non-hydrogen) atoms. The summed E-state index contributed by atoms with van der Waals surface area (Å²) in [5.74, 6) is 0. The van der Waals surface area contributed by atoms with Gasteiger partial charge < -0.3 is 4.90 Å². The van der Waals surface area contributed by atoms with E-state index in [-0.39, 0.29) is 6.42 Å². The molecule has 1 saturated heterocycles. The summed E-state index contributed by atoms with van der Waals surface area (Å²) in [6.45, 7) is 1.90. The lowest BCUT2D eigenvalue weighted by Crippen LogP contribution is -2.14. The van der Waals surface area contributed by atoms with Gasteiger partial charge in [-0.25, -0.2) is 0 Å². The van der Waals surface area contributed by atoms with Crippen LogP contribution in [-0.4, -0.2) is 30.6 Å². The fourth-order valence-electron chi connectivity index (χ4n) is 2.16. The number of allylic oxidation sites excluding steroid dienone is 5. The van der Waals surface area contributed by atoms with Crippen molar-refractivity contribution in [2.45, 2.75) is 19.3 Å². The second-order valence-electron chi connectivity index (χ2n) is 4.38. The molecule has 0 aromatic rings. The van der Waals surface area contributed by atoms with Crippen LogP contribution >= 0.6 is 23.2 Å². The number of rotatable bonds is 3. The van der Waals surface area contributed by atoms with Gasteiger partial charge in [0.2, 0.25) is 0 Å². The van der Waals surface area contributed by atoms with E-state index in [0.717, 1.165) is 25.9 Å². The minimum absolute atomic E-state index is 0.210. The first-order valence-electron chi connectivity index (χ1n) is 5.81. The second-order valence-corrected chi connectivity index (χ2v) is 5.13. The SMILES string of the molecule is O=CC1=C(Cl)C(=CN2CCCC2)C(Cl)=C(C=O)C1. The van der Waals surface area contributed by atoms with Crippen LogP contribution in [0.1, 0.15) is 19.3 Å². The third kappa shape index (κ3) is 2.52. The topological polar surface area (TPSA) is 37.4 Å². The van der Waals surface area contributed by atoms with E-state index >= 15 is 0 Å². The Morgan fingerprint density at radius 1 is 0.944 bits per heavy atom. The molecule has 1 heterocycles. The molecule has 2 aliphatic rings. The zero-order valence-corrected chi connectivity index (χ0v) is 11.3. The fraction of sp³-hybridized carbons (Fsp3) is 0.385. The molecule has 0 radical (unpaired) electrons. The number of halogens is 2. The van der Waals surface area contributed by atoms with Crippen LogP contribution in [0.25, 0.3) is 0 Å². The number of carbonyl (C=O) groups is 2. The molecule has 0 aromatic heterocycles. The molecule has 0 bridgehead atoms. The lowest BCUT2D eigenvalue weighted by Gasteiger charge is -2.20. The molecule has 0 amide bonds. The van der Waals surface area contributed by atoms with E-state index in [4.69, 9.17) is 23.2 Å². The van der Waals surface area contributed by atoms with E-state index in [0.29, 0.717) is 39.4 Å². The quantitative estimate of drug-likeness (QED) is 0.749. The van der Waals surface area contributed by atoms with Crippen molar-refractivity contribution in [3.05, 3.63) is 33.0 Å². The van der Waals surface area contributed by atoms with Crippen molar-refractivity contribution in [2.75, 3.05) is 13.1 Å². The van der Waals surface area contributed by atoms with Crippen LogP contribution in [0, 0.1) is 0 Å². The van der Waals surface area contributed by atoms with Crippen molar-refractivity contribution in [3.8, 4) is 0 Å². The largest absolute Gasteiger partial charge is 0.377 e. The number of likely N-dealkylation sites (tertiary alicyclic amines) is 1. The first-order chi connectivity index (χ1) is 8.67. The second kappa shape index (κ2) is 5.72. The predicted octanol–water partition coefficient (Wildman–Crippen LogP) is 2.75. The maximum Gasteiger partial charge on any atom is 0.147 e. The summed E-state index contributed by atoms with van der Waals surface area (Å²) in [5, 5.41) is 0.708. The summed E-state index contributed by atoms with van der Waals surface area (Å²) in [6, 6.07) is 0. The molecule has 5 heteroatoms. The third-order valence-corrected chi connectivity index (χ3v) is 4.05. The Labute approximate surface area is 116 Å². The van der Waals surface area contributed by atoms with Gasteiger partial charge in [-0.15, -0.1) is 0 Å². The van der Waals surface area contributed by atoms with Gasteiger partial charge in [0.25, 0.3) is 0 Å². The average molecular weight is 286 g/mol. The van der Waals surface area contributed by atoms with Crippen molar-refractivity contribution >= 4 is 35.8 Å². The van der Waals surface area contributed by atoms with Gasteiger partial charge >= 0.3 is 0 Å². The Kier molecular flexibility index (Phi) is 4.25. The molecular formula is C13H13Cl2NO2. The first kappa shape index (κ1) is 13.4. The molecule has 2 rings (SSSR count). The van der Waals surface area contributed by atoms with E-state index in [1.165, 1.54) is 0 Å². The molecular weight excluding hydrogens is 273 g/mol. The molecule has 1 aliphatic carbocycles. The maximum absolute atomic E-state index is 11.0. The van der Waals surface area contributed by atoms with Gasteiger partial charge in [-0.3, -0.25) is 9.59 Å². The molecule has 1 aliphatic heterocycles. The third-order valence-electron chi connectivity index (χ3n) is 3.15. The van der Waals surface area contributed by atoms with Crippen LogP contribution in [0.2, 0.25) is 0 Å². The van der Waals surface area contributed by atoms with Crippen LogP contribution in [0.5, 0.6) is 0 Å². The van der Waals surface area contributed by atoms with Gasteiger partial charge in [0.15, 0.2) is 0 Å². The minimum atomic E-state index is 0.210. The molecule has 0 spiro atoms. The Morgan fingerprint density at radius 2 is 1.44 bits per heavy atom. The van der Waals surface area contributed by atoms with Crippen molar-refractivity contribution in [2.24, 2.45) is 0 Å². The highest BCUT2D eigenvalue weighted by molar-refractivity contribution is 6.40. The number of carbonyl (C=O) groups excluding carboxylic acids is 2. The first-order valence-corrected chi connectivity index (χ1v) is 6.57. The summed E-state index contributed by atoms with van der Waals surface area (Å²) in [4.78, 5) is 24.0. The monoisotopic (exact) mass is 285 g/mol. The van der Waals surface area contributed by atoms with Crippen molar-refractivity contribution < 1.29 is 9.59 Å². The molecule has 0 unspecified atom stereocenters. The normalized spacial score (nSPS) is 20.6. The minimum Gasteiger partial charge on any atom is -0.377 e. The molecule has 0 aromatic carbocycles. The Morgan fingerprint density at radius 3 is 1.89 bits per heavy atom. The fourth-order valence-corrected chi connectivity index (χ4v) is 2.71. The van der Waals surface area contributed by atoms with E-state index in [2.05, 4.69) is 4.90 Å². The highest BCUT2D eigenvalue weighted by atomic mass is 35.5. The van der Waals surface area contributed by atoms with Crippen molar-refractivity contribution in [3.63, 3.8) is 0 Å². The molecule has 0 N–H and O–H groups in total. The lowest BCUT2D eigenvalue weighted by molar-refractivity contribution is -0.105. The number of nitrogens with zero attached hydrogens (tertiary/aromatic N) is 1. The summed E-state index contributed by atoms with van der Waals surface area (Å²) in [5.41, 5.74) is 1.40. The highest BCUT2D eigenvalue weighted by Crippen LogP contribution is 2.37.